The standard InChI is InChI=1S/C23H26N4O2/c1-16-8-9-17(2)23(18(16)3)29-15-22(28)27-12-10-26(11-13-27)21-14-24-19-6-4-5-7-20(19)25-21/h4-9,14H,10-13,15H2,1-3H3. The van der Waals surface area contributed by atoms with Crippen LogP contribution in [0.4, 0.5) is 5.82 Å². The summed E-state index contributed by atoms with van der Waals surface area (Å²) in [5.41, 5.74) is 5.10. The molecule has 6 nitrogen and oxygen atoms in total. The van der Waals surface area contributed by atoms with Crippen LogP contribution >= 0.6 is 0 Å². The van der Waals surface area contributed by atoms with Crippen molar-refractivity contribution in [2.24, 2.45) is 0 Å². The minimum absolute atomic E-state index is 0.0227. The topological polar surface area (TPSA) is 58.6 Å². The van der Waals surface area contributed by atoms with Crippen molar-refractivity contribution in [1.29, 1.82) is 0 Å². The first-order valence-corrected chi connectivity index (χ1v) is 9.97. The van der Waals surface area contributed by atoms with Gasteiger partial charge in [0, 0.05) is 26.2 Å². The van der Waals surface area contributed by atoms with Crippen LogP contribution in [0.3, 0.4) is 0 Å². The molecule has 1 aliphatic rings. The first kappa shape index (κ1) is 19.2. The summed E-state index contributed by atoms with van der Waals surface area (Å²) in [6, 6.07) is 12.0. The number of aromatic nitrogens is 2. The number of hydrogen-bond acceptors (Lipinski definition) is 5. The SMILES string of the molecule is Cc1ccc(C)c(OCC(=O)N2CCN(c3cnc4ccccc4n3)CC2)c1C. The number of benzene rings is 2. The lowest BCUT2D eigenvalue weighted by Crippen LogP contribution is -2.50. The Morgan fingerprint density at radius 1 is 0.966 bits per heavy atom. The summed E-state index contributed by atoms with van der Waals surface area (Å²) in [5, 5.41) is 0. The van der Waals surface area contributed by atoms with Crippen LogP contribution in [0.15, 0.2) is 42.6 Å². The molecule has 4 rings (SSSR count). The van der Waals surface area contributed by atoms with Crippen molar-refractivity contribution in [2.75, 3.05) is 37.7 Å². The number of rotatable bonds is 4. The van der Waals surface area contributed by atoms with E-state index in [0.29, 0.717) is 13.1 Å². The molecule has 0 aliphatic carbocycles. The summed E-state index contributed by atoms with van der Waals surface area (Å²) in [5.74, 6) is 1.70. The normalized spacial score (nSPS) is 14.3. The smallest absolute Gasteiger partial charge is 0.260 e. The highest BCUT2D eigenvalue weighted by Crippen LogP contribution is 2.25. The molecule has 1 aromatic heterocycles. The fourth-order valence-electron chi connectivity index (χ4n) is 3.66. The van der Waals surface area contributed by atoms with E-state index < -0.39 is 0 Å². The molecule has 150 valence electrons. The van der Waals surface area contributed by atoms with E-state index in [2.05, 4.69) is 22.9 Å². The second-order valence-electron chi connectivity index (χ2n) is 7.53. The summed E-state index contributed by atoms with van der Waals surface area (Å²) >= 11 is 0. The molecule has 1 amide bonds. The van der Waals surface area contributed by atoms with Gasteiger partial charge in [-0.3, -0.25) is 9.78 Å². The Morgan fingerprint density at radius 3 is 2.41 bits per heavy atom. The summed E-state index contributed by atoms with van der Waals surface area (Å²) in [6.07, 6.45) is 1.81. The van der Waals surface area contributed by atoms with Crippen LogP contribution in [0.25, 0.3) is 11.0 Å². The second-order valence-corrected chi connectivity index (χ2v) is 7.53. The van der Waals surface area contributed by atoms with Gasteiger partial charge in [-0.15, -0.1) is 0 Å². The second kappa shape index (κ2) is 8.07. The van der Waals surface area contributed by atoms with Gasteiger partial charge in [-0.25, -0.2) is 4.98 Å². The maximum atomic E-state index is 12.7. The average Bonchev–Trinajstić information content (AvgIpc) is 2.76. The third-order valence-corrected chi connectivity index (χ3v) is 5.61. The third kappa shape index (κ3) is 4.01. The molecule has 2 aromatic carbocycles. The van der Waals surface area contributed by atoms with E-state index in [9.17, 15) is 4.79 Å². The van der Waals surface area contributed by atoms with E-state index in [1.807, 2.05) is 55.3 Å². The molecule has 0 N–H and O–H groups in total. The first-order chi connectivity index (χ1) is 14.0. The molecule has 3 aromatic rings. The average molecular weight is 390 g/mol. The van der Waals surface area contributed by atoms with Crippen LogP contribution < -0.4 is 9.64 Å². The molecule has 1 saturated heterocycles. The number of amides is 1. The maximum Gasteiger partial charge on any atom is 0.260 e. The molecular formula is C23H26N4O2. The molecule has 0 saturated carbocycles. The number of ether oxygens (including phenoxy) is 1. The van der Waals surface area contributed by atoms with Gasteiger partial charge in [-0.1, -0.05) is 24.3 Å². The number of fused-ring (bicyclic) bond motifs is 1. The van der Waals surface area contributed by atoms with E-state index in [0.717, 1.165) is 46.8 Å². The Bertz CT molecular complexity index is 1040. The quantitative estimate of drug-likeness (QED) is 0.684. The van der Waals surface area contributed by atoms with Crippen LogP contribution in [-0.4, -0.2) is 53.6 Å². The predicted octanol–water partition coefficient (Wildman–Crippen LogP) is 3.28. The van der Waals surface area contributed by atoms with Crippen LogP contribution in [-0.2, 0) is 4.79 Å². The van der Waals surface area contributed by atoms with Crippen molar-refractivity contribution in [3.63, 3.8) is 0 Å². The number of nitrogens with zero attached hydrogens (tertiary/aromatic N) is 4. The van der Waals surface area contributed by atoms with E-state index in [4.69, 9.17) is 9.72 Å². The Labute approximate surface area is 171 Å². The van der Waals surface area contributed by atoms with E-state index in [1.54, 1.807) is 0 Å². The zero-order chi connectivity index (χ0) is 20.4. The van der Waals surface area contributed by atoms with Gasteiger partial charge >= 0.3 is 0 Å². The van der Waals surface area contributed by atoms with Crippen molar-refractivity contribution in [3.8, 4) is 5.75 Å². The van der Waals surface area contributed by atoms with Crippen LogP contribution in [0.5, 0.6) is 5.75 Å². The van der Waals surface area contributed by atoms with Crippen LogP contribution in [0, 0.1) is 20.8 Å². The van der Waals surface area contributed by atoms with E-state index >= 15 is 0 Å². The highest BCUT2D eigenvalue weighted by Gasteiger charge is 2.23. The highest BCUT2D eigenvalue weighted by atomic mass is 16.5. The molecule has 0 atom stereocenters. The molecule has 29 heavy (non-hydrogen) atoms. The lowest BCUT2D eigenvalue weighted by atomic mass is 10.1. The van der Waals surface area contributed by atoms with Crippen LogP contribution in [0.2, 0.25) is 0 Å². The van der Waals surface area contributed by atoms with Gasteiger partial charge in [0.2, 0.25) is 0 Å². The number of piperazine rings is 1. The molecule has 0 spiro atoms. The lowest BCUT2D eigenvalue weighted by Gasteiger charge is -2.35. The number of anilines is 1. The van der Waals surface area contributed by atoms with Crippen molar-refractivity contribution < 1.29 is 9.53 Å². The Kier molecular flexibility index (Phi) is 5.34. The molecule has 2 heterocycles. The number of aryl methyl sites for hydroxylation is 2. The number of para-hydroxylation sites is 2. The molecular weight excluding hydrogens is 364 g/mol. The summed E-state index contributed by atoms with van der Waals surface area (Å²) in [4.78, 5) is 25.9. The summed E-state index contributed by atoms with van der Waals surface area (Å²) in [6.45, 7) is 8.95. The highest BCUT2D eigenvalue weighted by molar-refractivity contribution is 5.78. The zero-order valence-corrected chi connectivity index (χ0v) is 17.2. The summed E-state index contributed by atoms with van der Waals surface area (Å²) in [7, 11) is 0. The number of hydrogen-bond donors (Lipinski definition) is 0. The molecule has 0 unspecified atom stereocenters. The molecule has 1 fully saturated rings. The zero-order valence-electron chi connectivity index (χ0n) is 17.2. The Balaban J connectivity index is 1.35. The van der Waals surface area contributed by atoms with Gasteiger partial charge in [-0.05, 0) is 49.6 Å². The predicted molar refractivity (Wildman–Crippen MR) is 114 cm³/mol. The Morgan fingerprint density at radius 2 is 1.66 bits per heavy atom. The third-order valence-electron chi connectivity index (χ3n) is 5.61. The number of carbonyl (C=O) groups excluding carboxylic acids is 1. The summed E-state index contributed by atoms with van der Waals surface area (Å²) < 4.78 is 5.90. The van der Waals surface area contributed by atoms with Gasteiger partial charge in [-0.2, -0.15) is 0 Å². The fourth-order valence-corrected chi connectivity index (χ4v) is 3.66. The fraction of sp³-hybridized carbons (Fsp3) is 0.348. The molecule has 0 bridgehead atoms. The maximum absolute atomic E-state index is 12.7. The minimum Gasteiger partial charge on any atom is -0.483 e. The van der Waals surface area contributed by atoms with Gasteiger partial charge in [0.15, 0.2) is 6.61 Å². The molecule has 1 aliphatic heterocycles. The molecule has 6 heteroatoms. The van der Waals surface area contributed by atoms with Crippen molar-refractivity contribution >= 4 is 22.8 Å². The van der Waals surface area contributed by atoms with Gasteiger partial charge in [0.1, 0.15) is 11.6 Å². The number of carbonyl (C=O) groups is 1. The van der Waals surface area contributed by atoms with E-state index in [-0.39, 0.29) is 12.5 Å². The lowest BCUT2D eigenvalue weighted by molar-refractivity contribution is -0.133. The monoisotopic (exact) mass is 390 g/mol. The largest absolute Gasteiger partial charge is 0.483 e. The van der Waals surface area contributed by atoms with Crippen molar-refractivity contribution in [3.05, 3.63) is 59.3 Å². The molecule has 0 radical (unpaired) electrons. The van der Waals surface area contributed by atoms with Gasteiger partial charge in [0.05, 0.1) is 17.2 Å². The van der Waals surface area contributed by atoms with Crippen LogP contribution in [0.1, 0.15) is 16.7 Å². The van der Waals surface area contributed by atoms with Crippen molar-refractivity contribution in [1.82, 2.24) is 14.9 Å². The van der Waals surface area contributed by atoms with Gasteiger partial charge < -0.3 is 14.5 Å². The first-order valence-electron chi connectivity index (χ1n) is 9.97. The Hall–Kier alpha value is -3.15. The minimum atomic E-state index is 0.0227. The van der Waals surface area contributed by atoms with Crippen molar-refractivity contribution in [2.45, 2.75) is 20.8 Å². The van der Waals surface area contributed by atoms with Gasteiger partial charge in [0.25, 0.3) is 5.91 Å². The van der Waals surface area contributed by atoms with E-state index in [1.165, 1.54) is 5.56 Å².